The van der Waals surface area contributed by atoms with Gasteiger partial charge in [0.15, 0.2) is 0 Å². The molecule has 0 spiro atoms. The molecular formula is C19H23N3O3. The van der Waals surface area contributed by atoms with E-state index >= 15 is 0 Å². The molecule has 2 saturated heterocycles. The molecule has 25 heavy (non-hydrogen) atoms. The van der Waals surface area contributed by atoms with Crippen molar-refractivity contribution in [3.8, 4) is 0 Å². The lowest BCUT2D eigenvalue weighted by molar-refractivity contribution is -0.142. The fourth-order valence-corrected chi connectivity index (χ4v) is 3.72. The number of para-hydroxylation sites is 1. The van der Waals surface area contributed by atoms with Crippen molar-refractivity contribution in [2.45, 2.75) is 19.3 Å². The summed E-state index contributed by atoms with van der Waals surface area (Å²) >= 11 is 0. The lowest BCUT2D eigenvalue weighted by Gasteiger charge is -2.36. The summed E-state index contributed by atoms with van der Waals surface area (Å²) in [7, 11) is 0. The third-order valence-electron chi connectivity index (χ3n) is 5.37. The number of carbonyl (C=O) groups is 3. The van der Waals surface area contributed by atoms with Crippen molar-refractivity contribution >= 4 is 23.4 Å². The minimum atomic E-state index is -0.279. The van der Waals surface area contributed by atoms with Crippen molar-refractivity contribution in [1.29, 1.82) is 0 Å². The van der Waals surface area contributed by atoms with E-state index < -0.39 is 0 Å². The molecule has 0 N–H and O–H groups in total. The topological polar surface area (TPSA) is 60.9 Å². The van der Waals surface area contributed by atoms with E-state index in [1.54, 1.807) is 4.90 Å². The van der Waals surface area contributed by atoms with Crippen molar-refractivity contribution in [3.63, 3.8) is 0 Å². The summed E-state index contributed by atoms with van der Waals surface area (Å²) in [6.45, 7) is 2.83. The Bertz CT molecular complexity index is 678. The van der Waals surface area contributed by atoms with Crippen LogP contribution < -0.4 is 4.90 Å². The summed E-state index contributed by atoms with van der Waals surface area (Å²) in [4.78, 5) is 42.6. The molecule has 1 atom stereocenters. The predicted octanol–water partition coefficient (Wildman–Crippen LogP) is 1.12. The summed E-state index contributed by atoms with van der Waals surface area (Å²) in [5.41, 5.74) is 0.850. The smallest absolute Gasteiger partial charge is 0.228 e. The highest BCUT2D eigenvalue weighted by Crippen LogP contribution is 2.31. The number of amides is 3. The van der Waals surface area contributed by atoms with E-state index in [4.69, 9.17) is 0 Å². The van der Waals surface area contributed by atoms with Crippen LogP contribution in [0, 0.1) is 11.8 Å². The maximum atomic E-state index is 12.8. The molecule has 2 aliphatic heterocycles. The van der Waals surface area contributed by atoms with Gasteiger partial charge >= 0.3 is 0 Å². The van der Waals surface area contributed by atoms with Crippen LogP contribution in [0.1, 0.15) is 19.3 Å². The van der Waals surface area contributed by atoms with Crippen LogP contribution in [0.15, 0.2) is 30.3 Å². The predicted molar refractivity (Wildman–Crippen MR) is 92.8 cm³/mol. The first-order valence-electron chi connectivity index (χ1n) is 9.06. The fraction of sp³-hybridized carbons (Fsp3) is 0.526. The Balaban J connectivity index is 1.34. The van der Waals surface area contributed by atoms with E-state index in [9.17, 15) is 14.4 Å². The Kier molecular flexibility index (Phi) is 4.19. The molecule has 1 saturated carbocycles. The molecule has 1 aromatic rings. The zero-order chi connectivity index (χ0) is 17.4. The molecule has 6 nitrogen and oxygen atoms in total. The van der Waals surface area contributed by atoms with Gasteiger partial charge in [-0.2, -0.15) is 0 Å². The maximum absolute atomic E-state index is 12.8. The fourth-order valence-electron chi connectivity index (χ4n) is 3.72. The number of hydrogen-bond acceptors (Lipinski definition) is 3. The number of rotatable bonds is 3. The number of piperazine rings is 1. The Morgan fingerprint density at radius 3 is 1.96 bits per heavy atom. The summed E-state index contributed by atoms with van der Waals surface area (Å²) < 4.78 is 0. The molecule has 2 heterocycles. The quantitative estimate of drug-likeness (QED) is 0.828. The second kappa shape index (κ2) is 6.50. The van der Waals surface area contributed by atoms with E-state index in [1.807, 2.05) is 40.1 Å². The van der Waals surface area contributed by atoms with E-state index in [-0.39, 0.29) is 36.0 Å². The van der Waals surface area contributed by atoms with Crippen molar-refractivity contribution in [1.82, 2.24) is 9.80 Å². The van der Waals surface area contributed by atoms with E-state index in [0.29, 0.717) is 32.7 Å². The van der Waals surface area contributed by atoms with E-state index in [1.165, 1.54) is 0 Å². The number of carbonyl (C=O) groups excluding carboxylic acids is 3. The Labute approximate surface area is 147 Å². The van der Waals surface area contributed by atoms with Crippen molar-refractivity contribution in [2.75, 3.05) is 37.6 Å². The van der Waals surface area contributed by atoms with Gasteiger partial charge in [0.1, 0.15) is 0 Å². The molecule has 0 bridgehead atoms. The third-order valence-corrected chi connectivity index (χ3v) is 5.37. The van der Waals surface area contributed by atoms with Gasteiger partial charge < -0.3 is 14.7 Å². The first kappa shape index (κ1) is 16.1. The van der Waals surface area contributed by atoms with Gasteiger partial charge in [-0.15, -0.1) is 0 Å². The molecule has 3 fully saturated rings. The van der Waals surface area contributed by atoms with Crippen LogP contribution in [0.5, 0.6) is 0 Å². The molecule has 0 aromatic heterocycles. The number of hydrogen-bond donors (Lipinski definition) is 0. The van der Waals surface area contributed by atoms with Crippen LogP contribution in [0.4, 0.5) is 5.69 Å². The van der Waals surface area contributed by atoms with Crippen molar-refractivity contribution in [2.24, 2.45) is 11.8 Å². The zero-order valence-corrected chi connectivity index (χ0v) is 14.3. The van der Waals surface area contributed by atoms with E-state index in [0.717, 1.165) is 18.5 Å². The second-order valence-electron chi connectivity index (χ2n) is 7.17. The number of benzene rings is 1. The van der Waals surface area contributed by atoms with Crippen LogP contribution in [0.3, 0.4) is 0 Å². The molecular weight excluding hydrogens is 318 g/mol. The third kappa shape index (κ3) is 3.25. The average Bonchev–Trinajstić information content (AvgIpc) is 3.43. The van der Waals surface area contributed by atoms with Gasteiger partial charge in [-0.05, 0) is 25.0 Å². The molecule has 1 unspecified atom stereocenters. The molecule has 6 heteroatoms. The van der Waals surface area contributed by atoms with Crippen LogP contribution in [0.25, 0.3) is 0 Å². The summed E-state index contributed by atoms with van der Waals surface area (Å²) in [5, 5.41) is 0. The van der Waals surface area contributed by atoms with Gasteiger partial charge in [-0.25, -0.2) is 0 Å². The van der Waals surface area contributed by atoms with Crippen LogP contribution in [0.2, 0.25) is 0 Å². The lowest BCUT2D eigenvalue weighted by Crippen LogP contribution is -2.52. The molecule has 1 aliphatic carbocycles. The largest absolute Gasteiger partial charge is 0.339 e. The van der Waals surface area contributed by atoms with Crippen molar-refractivity contribution < 1.29 is 14.4 Å². The minimum Gasteiger partial charge on any atom is -0.339 e. The number of nitrogens with zero attached hydrogens (tertiary/aromatic N) is 3. The SMILES string of the molecule is O=C(C1CC1)N1CCN(C(=O)C2CC(=O)N(c3ccccc3)C2)CC1. The van der Waals surface area contributed by atoms with Crippen LogP contribution in [-0.2, 0) is 14.4 Å². The standard InChI is InChI=1S/C19H23N3O3/c23-17-12-15(13-22(17)16-4-2-1-3-5-16)19(25)21-10-8-20(9-11-21)18(24)14-6-7-14/h1-5,14-15H,6-13H2. The molecule has 4 rings (SSSR count). The van der Waals surface area contributed by atoms with Gasteiger partial charge in [0.2, 0.25) is 17.7 Å². The van der Waals surface area contributed by atoms with Crippen molar-refractivity contribution in [3.05, 3.63) is 30.3 Å². The molecule has 3 amide bonds. The van der Waals surface area contributed by atoms with Gasteiger partial charge in [-0.1, -0.05) is 18.2 Å². The molecule has 1 aromatic carbocycles. The van der Waals surface area contributed by atoms with Crippen LogP contribution >= 0.6 is 0 Å². The average molecular weight is 341 g/mol. The maximum Gasteiger partial charge on any atom is 0.228 e. The summed E-state index contributed by atoms with van der Waals surface area (Å²) in [6, 6.07) is 9.50. The summed E-state index contributed by atoms with van der Waals surface area (Å²) in [6.07, 6.45) is 2.30. The molecule has 0 radical (unpaired) electrons. The van der Waals surface area contributed by atoms with Crippen LogP contribution in [-0.4, -0.2) is 60.2 Å². The molecule has 3 aliphatic rings. The van der Waals surface area contributed by atoms with Gasteiger partial charge in [0, 0.05) is 50.7 Å². The van der Waals surface area contributed by atoms with Gasteiger partial charge in [0.05, 0.1) is 5.92 Å². The zero-order valence-electron chi connectivity index (χ0n) is 14.3. The molecule has 132 valence electrons. The minimum absolute atomic E-state index is 0.00657. The highest BCUT2D eigenvalue weighted by molar-refractivity contribution is 6.00. The first-order valence-corrected chi connectivity index (χ1v) is 9.06. The number of anilines is 1. The monoisotopic (exact) mass is 341 g/mol. The highest BCUT2D eigenvalue weighted by atomic mass is 16.2. The normalized spacial score (nSPS) is 23.9. The second-order valence-corrected chi connectivity index (χ2v) is 7.17. The van der Waals surface area contributed by atoms with Gasteiger partial charge in [0.25, 0.3) is 0 Å². The van der Waals surface area contributed by atoms with E-state index in [2.05, 4.69) is 0 Å². The Morgan fingerprint density at radius 2 is 1.40 bits per heavy atom. The summed E-state index contributed by atoms with van der Waals surface area (Å²) in [5.74, 6) is 0.253. The first-order chi connectivity index (χ1) is 12.1. The highest BCUT2D eigenvalue weighted by Gasteiger charge is 2.39. The Hall–Kier alpha value is -2.37. The van der Waals surface area contributed by atoms with Gasteiger partial charge in [-0.3, -0.25) is 14.4 Å². The Morgan fingerprint density at radius 1 is 0.840 bits per heavy atom. The lowest BCUT2D eigenvalue weighted by atomic mass is 10.1.